The van der Waals surface area contributed by atoms with Gasteiger partial charge in [-0.25, -0.2) is 4.79 Å². The maximum absolute atomic E-state index is 13.2. The summed E-state index contributed by atoms with van der Waals surface area (Å²) in [4.78, 5) is 26.0. The van der Waals surface area contributed by atoms with E-state index >= 15 is 0 Å². The number of methoxy groups -OCH3 is 1. The fraction of sp³-hybridized carbons (Fsp3) is 0.111. The number of fused-ring (bicyclic) bond motifs is 4. The highest BCUT2D eigenvalue weighted by atomic mass is 16.5. The molecule has 0 fully saturated rings. The molecule has 1 amide bonds. The number of carbonyl (C=O) groups excluding carboxylic acids is 2. The van der Waals surface area contributed by atoms with Gasteiger partial charge in [0.15, 0.2) is 0 Å². The first-order valence-electron chi connectivity index (χ1n) is 10.2. The van der Waals surface area contributed by atoms with Crippen molar-refractivity contribution in [1.82, 2.24) is 5.32 Å². The largest absolute Gasteiger partial charge is 0.467 e. The van der Waals surface area contributed by atoms with Crippen LogP contribution in [0.3, 0.4) is 0 Å². The maximum Gasteiger partial charge on any atom is 0.329 e. The predicted molar refractivity (Wildman–Crippen MR) is 121 cm³/mol. The Morgan fingerprint density at radius 2 is 1.35 bits per heavy atom. The number of benzene rings is 4. The van der Waals surface area contributed by atoms with Gasteiger partial charge in [0.2, 0.25) is 0 Å². The van der Waals surface area contributed by atoms with Crippen LogP contribution in [0.4, 0.5) is 0 Å². The molecule has 0 saturated carbocycles. The second-order valence-electron chi connectivity index (χ2n) is 7.69. The quantitative estimate of drug-likeness (QED) is 0.489. The van der Waals surface area contributed by atoms with Gasteiger partial charge < -0.3 is 10.1 Å². The van der Waals surface area contributed by atoms with Gasteiger partial charge in [0.1, 0.15) is 6.04 Å². The molecule has 0 saturated heterocycles. The van der Waals surface area contributed by atoms with Crippen LogP contribution in [0.1, 0.15) is 27.4 Å². The van der Waals surface area contributed by atoms with E-state index in [-0.39, 0.29) is 11.8 Å². The van der Waals surface area contributed by atoms with E-state index in [2.05, 4.69) is 5.32 Å². The van der Waals surface area contributed by atoms with Crippen molar-refractivity contribution in [1.29, 1.82) is 0 Å². The van der Waals surface area contributed by atoms with E-state index in [1.165, 1.54) is 7.11 Å². The Morgan fingerprint density at radius 3 is 2.00 bits per heavy atom. The summed E-state index contributed by atoms with van der Waals surface area (Å²) in [5, 5.41) is 4.99. The molecule has 4 aromatic rings. The molecule has 4 aromatic carbocycles. The van der Waals surface area contributed by atoms with Crippen LogP contribution in [0.25, 0.3) is 21.9 Å². The smallest absolute Gasteiger partial charge is 0.329 e. The van der Waals surface area contributed by atoms with E-state index in [0.717, 1.165) is 33.0 Å². The molecule has 1 aliphatic rings. The molecule has 0 radical (unpaired) electrons. The van der Waals surface area contributed by atoms with Crippen LogP contribution in [0.5, 0.6) is 0 Å². The SMILES string of the molecule is COC(=O)[C@H](NC(=O)c1ccc2ccccc2c1)C1c2ccccc2-c2ccccc21. The molecule has 0 aromatic heterocycles. The molecule has 0 spiro atoms. The van der Waals surface area contributed by atoms with Gasteiger partial charge in [0.25, 0.3) is 5.91 Å². The highest BCUT2D eigenvalue weighted by molar-refractivity contribution is 6.01. The molecular formula is C27H21NO3. The molecular weight excluding hydrogens is 386 g/mol. The monoisotopic (exact) mass is 407 g/mol. The van der Waals surface area contributed by atoms with Crippen LogP contribution in [0.2, 0.25) is 0 Å². The van der Waals surface area contributed by atoms with E-state index in [1.807, 2.05) is 84.9 Å². The Kier molecular flexibility index (Phi) is 4.75. The zero-order valence-electron chi connectivity index (χ0n) is 17.0. The van der Waals surface area contributed by atoms with Crippen molar-refractivity contribution < 1.29 is 14.3 Å². The lowest BCUT2D eigenvalue weighted by Crippen LogP contribution is -2.45. The molecule has 0 aliphatic heterocycles. The number of carbonyl (C=O) groups is 2. The average molecular weight is 407 g/mol. The Hall–Kier alpha value is -3.92. The van der Waals surface area contributed by atoms with E-state index < -0.39 is 12.0 Å². The summed E-state index contributed by atoms with van der Waals surface area (Å²) in [6.07, 6.45) is 0. The number of rotatable bonds is 4. The normalized spacial score (nSPS) is 13.3. The lowest BCUT2D eigenvalue weighted by molar-refractivity contribution is -0.143. The lowest BCUT2D eigenvalue weighted by Gasteiger charge is -2.24. The molecule has 0 unspecified atom stereocenters. The maximum atomic E-state index is 13.2. The first-order chi connectivity index (χ1) is 15.2. The molecule has 0 bridgehead atoms. The predicted octanol–water partition coefficient (Wildman–Crippen LogP) is 4.92. The number of hydrogen-bond acceptors (Lipinski definition) is 3. The van der Waals surface area contributed by atoms with Crippen LogP contribution in [0, 0.1) is 0 Å². The Labute approximate surface area is 180 Å². The molecule has 1 atom stereocenters. The standard InChI is InChI=1S/C27H21NO3/c1-31-27(30)25(28-26(29)19-15-14-17-8-2-3-9-18(17)16-19)24-22-12-6-4-10-20(22)21-11-5-7-13-23(21)24/h2-16,24-25H,1H3,(H,28,29)/t25-/m1/s1. The molecule has 1 aliphatic carbocycles. The van der Waals surface area contributed by atoms with Crippen molar-refractivity contribution in [3.63, 3.8) is 0 Å². The van der Waals surface area contributed by atoms with Gasteiger partial charge in [-0.2, -0.15) is 0 Å². The summed E-state index contributed by atoms with van der Waals surface area (Å²) in [7, 11) is 1.35. The van der Waals surface area contributed by atoms with Crippen molar-refractivity contribution >= 4 is 22.6 Å². The van der Waals surface area contributed by atoms with E-state index in [9.17, 15) is 9.59 Å². The van der Waals surface area contributed by atoms with Crippen LogP contribution in [-0.2, 0) is 9.53 Å². The topological polar surface area (TPSA) is 55.4 Å². The fourth-order valence-electron chi connectivity index (χ4n) is 4.51. The molecule has 1 N–H and O–H groups in total. The highest BCUT2D eigenvalue weighted by Gasteiger charge is 2.39. The van der Waals surface area contributed by atoms with E-state index in [4.69, 9.17) is 4.74 Å². The number of amides is 1. The van der Waals surface area contributed by atoms with Crippen LogP contribution < -0.4 is 5.32 Å². The number of ether oxygens (including phenoxy) is 1. The third-order valence-electron chi connectivity index (χ3n) is 5.97. The second-order valence-corrected chi connectivity index (χ2v) is 7.69. The van der Waals surface area contributed by atoms with Crippen LogP contribution in [0.15, 0.2) is 91.0 Å². The molecule has 4 heteroatoms. The Balaban J connectivity index is 1.54. The number of nitrogens with one attached hydrogen (secondary N) is 1. The Morgan fingerprint density at radius 1 is 0.774 bits per heavy atom. The first-order valence-corrected chi connectivity index (χ1v) is 10.2. The summed E-state index contributed by atoms with van der Waals surface area (Å²) in [6, 6.07) is 28.6. The summed E-state index contributed by atoms with van der Waals surface area (Å²) in [6.45, 7) is 0. The van der Waals surface area contributed by atoms with Gasteiger partial charge >= 0.3 is 5.97 Å². The van der Waals surface area contributed by atoms with Crippen molar-refractivity contribution in [3.05, 3.63) is 108 Å². The van der Waals surface area contributed by atoms with Crippen LogP contribution >= 0.6 is 0 Å². The van der Waals surface area contributed by atoms with Crippen molar-refractivity contribution in [2.45, 2.75) is 12.0 Å². The zero-order valence-corrected chi connectivity index (χ0v) is 17.0. The van der Waals surface area contributed by atoms with Gasteiger partial charge in [0, 0.05) is 11.5 Å². The first kappa shape index (κ1) is 19.1. The minimum atomic E-state index is -0.839. The van der Waals surface area contributed by atoms with Crippen LogP contribution in [-0.4, -0.2) is 25.0 Å². The number of hydrogen-bond donors (Lipinski definition) is 1. The molecule has 5 rings (SSSR count). The Bertz CT molecular complexity index is 1270. The second kappa shape index (κ2) is 7.73. The van der Waals surface area contributed by atoms with Crippen molar-refractivity contribution in [3.8, 4) is 11.1 Å². The zero-order chi connectivity index (χ0) is 21.4. The van der Waals surface area contributed by atoms with Gasteiger partial charge in [-0.3, -0.25) is 4.79 Å². The molecule has 4 nitrogen and oxygen atoms in total. The summed E-state index contributed by atoms with van der Waals surface area (Å²) >= 11 is 0. The molecule has 0 heterocycles. The third kappa shape index (κ3) is 3.26. The minimum absolute atomic E-state index is 0.303. The van der Waals surface area contributed by atoms with Crippen molar-refractivity contribution in [2.24, 2.45) is 0 Å². The highest BCUT2D eigenvalue weighted by Crippen LogP contribution is 2.46. The van der Waals surface area contributed by atoms with Gasteiger partial charge in [-0.15, -0.1) is 0 Å². The third-order valence-corrected chi connectivity index (χ3v) is 5.97. The molecule has 152 valence electrons. The van der Waals surface area contributed by atoms with Gasteiger partial charge in [-0.1, -0.05) is 78.9 Å². The summed E-state index contributed by atoms with van der Waals surface area (Å²) in [5.74, 6) is -1.09. The van der Waals surface area contributed by atoms with Gasteiger partial charge in [-0.05, 0) is 45.2 Å². The summed E-state index contributed by atoms with van der Waals surface area (Å²) < 4.78 is 5.11. The fourth-order valence-corrected chi connectivity index (χ4v) is 4.51. The van der Waals surface area contributed by atoms with Gasteiger partial charge in [0.05, 0.1) is 7.11 Å². The van der Waals surface area contributed by atoms with E-state index in [1.54, 1.807) is 6.07 Å². The lowest BCUT2D eigenvalue weighted by atomic mass is 9.89. The van der Waals surface area contributed by atoms with E-state index in [0.29, 0.717) is 5.56 Å². The minimum Gasteiger partial charge on any atom is -0.467 e. The molecule has 31 heavy (non-hydrogen) atoms. The average Bonchev–Trinajstić information content (AvgIpc) is 3.16. The van der Waals surface area contributed by atoms with Crippen molar-refractivity contribution in [2.75, 3.05) is 7.11 Å². The summed E-state index contributed by atoms with van der Waals surface area (Å²) in [5.41, 5.74) is 4.69. The number of esters is 1.